The van der Waals surface area contributed by atoms with E-state index in [1.54, 1.807) is 0 Å². The lowest BCUT2D eigenvalue weighted by atomic mass is 10.2. The smallest absolute Gasteiger partial charge is 0.254 e. The molecule has 1 aromatic carbocycles. The summed E-state index contributed by atoms with van der Waals surface area (Å²) in [5.74, 6) is 1.75. The Hall–Kier alpha value is -2.14. The monoisotopic (exact) mass is 273 g/mol. The molecule has 20 heavy (non-hydrogen) atoms. The summed E-state index contributed by atoms with van der Waals surface area (Å²) in [6, 6.07) is 9.05. The van der Waals surface area contributed by atoms with E-state index in [1.807, 2.05) is 45.2 Å². The molecule has 0 aliphatic rings. The zero-order valence-corrected chi connectivity index (χ0v) is 11.9. The van der Waals surface area contributed by atoms with E-state index in [-0.39, 0.29) is 11.5 Å². The van der Waals surface area contributed by atoms with Crippen molar-refractivity contribution in [3.63, 3.8) is 0 Å². The van der Waals surface area contributed by atoms with Gasteiger partial charge in [0.2, 0.25) is 5.88 Å². The molecule has 0 aliphatic carbocycles. The molecule has 0 fully saturated rings. The first-order chi connectivity index (χ1) is 9.58. The van der Waals surface area contributed by atoms with Gasteiger partial charge in [0.25, 0.3) is 5.56 Å². The third-order valence-electron chi connectivity index (χ3n) is 2.79. The summed E-state index contributed by atoms with van der Waals surface area (Å²) < 4.78 is 5.68. The molecule has 0 aliphatic heterocycles. The zero-order valence-electron chi connectivity index (χ0n) is 11.9. The molecule has 0 spiro atoms. The topological polar surface area (TPSA) is 67.0 Å². The van der Waals surface area contributed by atoms with E-state index in [4.69, 9.17) is 4.74 Å². The third-order valence-corrected chi connectivity index (χ3v) is 2.79. The van der Waals surface area contributed by atoms with E-state index < -0.39 is 0 Å². The van der Waals surface area contributed by atoms with Crippen molar-refractivity contribution in [2.75, 3.05) is 7.05 Å². The van der Waals surface area contributed by atoms with Crippen molar-refractivity contribution >= 4 is 0 Å². The van der Waals surface area contributed by atoms with Crippen molar-refractivity contribution in [3.8, 4) is 11.6 Å². The van der Waals surface area contributed by atoms with Crippen LogP contribution < -0.4 is 15.6 Å². The highest BCUT2D eigenvalue weighted by Gasteiger charge is 2.07. The van der Waals surface area contributed by atoms with Crippen LogP contribution in [0.2, 0.25) is 0 Å². The Morgan fingerprint density at radius 3 is 2.85 bits per heavy atom. The molecule has 2 rings (SSSR count). The Labute approximate surface area is 118 Å². The van der Waals surface area contributed by atoms with Crippen LogP contribution in [0.15, 0.2) is 35.1 Å². The highest BCUT2D eigenvalue weighted by atomic mass is 16.5. The lowest BCUT2D eigenvalue weighted by Crippen LogP contribution is -2.12. The molecule has 0 bridgehead atoms. The van der Waals surface area contributed by atoms with E-state index in [0.29, 0.717) is 17.5 Å². The second-order valence-electron chi connectivity index (χ2n) is 4.90. The molecule has 1 aromatic heterocycles. The highest BCUT2D eigenvalue weighted by Crippen LogP contribution is 2.20. The van der Waals surface area contributed by atoms with Gasteiger partial charge in [0.15, 0.2) is 0 Å². The van der Waals surface area contributed by atoms with Gasteiger partial charge in [-0.3, -0.25) is 4.79 Å². The number of nitrogens with one attached hydrogen (secondary N) is 2. The fourth-order valence-corrected chi connectivity index (χ4v) is 1.82. The Balaban J connectivity index is 2.25. The first kappa shape index (κ1) is 14.3. The van der Waals surface area contributed by atoms with E-state index in [1.165, 1.54) is 6.07 Å². The van der Waals surface area contributed by atoms with Gasteiger partial charge < -0.3 is 15.0 Å². The van der Waals surface area contributed by atoms with E-state index in [9.17, 15) is 4.79 Å². The molecule has 106 valence electrons. The van der Waals surface area contributed by atoms with E-state index in [2.05, 4.69) is 15.3 Å². The minimum Gasteiger partial charge on any atom is -0.439 e. The quantitative estimate of drug-likeness (QED) is 0.878. The van der Waals surface area contributed by atoms with Gasteiger partial charge in [-0.1, -0.05) is 26.0 Å². The SMILES string of the molecule is CNCc1cccc(Oc2cc(=O)[nH]c(C(C)C)n2)c1. The van der Waals surface area contributed by atoms with Gasteiger partial charge in [0.05, 0.1) is 6.07 Å². The number of nitrogens with zero attached hydrogens (tertiary/aromatic N) is 1. The van der Waals surface area contributed by atoms with Gasteiger partial charge in [-0.25, -0.2) is 0 Å². The molecular formula is C15H19N3O2. The van der Waals surface area contributed by atoms with Crippen LogP contribution in [-0.2, 0) is 6.54 Å². The van der Waals surface area contributed by atoms with Crippen LogP contribution in [0.4, 0.5) is 0 Å². The van der Waals surface area contributed by atoms with Crippen molar-refractivity contribution in [2.24, 2.45) is 0 Å². The van der Waals surface area contributed by atoms with Crippen LogP contribution in [0, 0.1) is 0 Å². The molecule has 0 saturated carbocycles. The first-order valence-corrected chi connectivity index (χ1v) is 6.61. The highest BCUT2D eigenvalue weighted by molar-refractivity contribution is 5.31. The zero-order chi connectivity index (χ0) is 14.5. The van der Waals surface area contributed by atoms with Gasteiger partial charge in [-0.05, 0) is 24.7 Å². The Kier molecular flexibility index (Phi) is 4.53. The largest absolute Gasteiger partial charge is 0.439 e. The van der Waals surface area contributed by atoms with Crippen molar-refractivity contribution < 1.29 is 4.74 Å². The van der Waals surface area contributed by atoms with Crippen molar-refractivity contribution in [1.29, 1.82) is 0 Å². The summed E-state index contributed by atoms with van der Waals surface area (Å²) in [6.45, 7) is 4.70. The van der Waals surface area contributed by atoms with E-state index in [0.717, 1.165) is 12.1 Å². The Morgan fingerprint density at radius 1 is 1.35 bits per heavy atom. The van der Waals surface area contributed by atoms with Gasteiger partial charge in [-0.15, -0.1) is 0 Å². The molecule has 5 heteroatoms. The summed E-state index contributed by atoms with van der Waals surface area (Å²) in [6.07, 6.45) is 0. The summed E-state index contributed by atoms with van der Waals surface area (Å²) in [5.41, 5.74) is 0.906. The number of aromatic amines is 1. The molecular weight excluding hydrogens is 254 g/mol. The van der Waals surface area contributed by atoms with Crippen LogP contribution in [0.5, 0.6) is 11.6 Å². The average molecular weight is 273 g/mol. The maximum absolute atomic E-state index is 11.6. The minimum absolute atomic E-state index is 0.141. The maximum Gasteiger partial charge on any atom is 0.254 e. The van der Waals surface area contributed by atoms with Crippen LogP contribution >= 0.6 is 0 Å². The molecule has 2 N–H and O–H groups in total. The summed E-state index contributed by atoms with van der Waals surface area (Å²) >= 11 is 0. The number of H-pyrrole nitrogens is 1. The predicted octanol–water partition coefficient (Wildman–Crippen LogP) is 2.41. The van der Waals surface area contributed by atoms with Crippen LogP contribution in [0.1, 0.15) is 31.2 Å². The molecule has 0 unspecified atom stereocenters. The third kappa shape index (κ3) is 3.68. The summed E-state index contributed by atoms with van der Waals surface area (Å²) in [4.78, 5) is 18.6. The molecule has 1 heterocycles. The molecule has 0 radical (unpaired) electrons. The number of benzene rings is 1. The van der Waals surface area contributed by atoms with Crippen molar-refractivity contribution in [2.45, 2.75) is 26.3 Å². The van der Waals surface area contributed by atoms with Crippen molar-refractivity contribution in [1.82, 2.24) is 15.3 Å². The lowest BCUT2D eigenvalue weighted by Gasteiger charge is -2.09. The van der Waals surface area contributed by atoms with Gasteiger partial charge in [-0.2, -0.15) is 4.98 Å². The molecule has 0 atom stereocenters. The number of rotatable bonds is 5. The molecule has 0 amide bonds. The Bertz CT molecular complexity index is 635. The van der Waals surface area contributed by atoms with Gasteiger partial charge in [0.1, 0.15) is 11.6 Å². The fourth-order valence-electron chi connectivity index (χ4n) is 1.82. The normalized spacial score (nSPS) is 10.8. The summed E-state index contributed by atoms with van der Waals surface area (Å²) in [7, 11) is 1.89. The maximum atomic E-state index is 11.6. The second-order valence-corrected chi connectivity index (χ2v) is 4.90. The first-order valence-electron chi connectivity index (χ1n) is 6.61. The van der Waals surface area contributed by atoms with Crippen molar-refractivity contribution in [3.05, 3.63) is 52.1 Å². The number of ether oxygens (including phenoxy) is 1. The van der Waals surface area contributed by atoms with E-state index >= 15 is 0 Å². The number of aromatic nitrogens is 2. The minimum atomic E-state index is -0.204. The second kappa shape index (κ2) is 6.34. The predicted molar refractivity (Wildman–Crippen MR) is 78.2 cm³/mol. The molecule has 5 nitrogen and oxygen atoms in total. The Morgan fingerprint density at radius 2 is 2.15 bits per heavy atom. The van der Waals surface area contributed by atoms with Crippen LogP contribution in [0.25, 0.3) is 0 Å². The van der Waals surface area contributed by atoms with Crippen LogP contribution in [-0.4, -0.2) is 17.0 Å². The average Bonchev–Trinajstić information content (AvgIpc) is 2.38. The van der Waals surface area contributed by atoms with Gasteiger partial charge >= 0.3 is 0 Å². The van der Waals surface area contributed by atoms with Crippen LogP contribution in [0.3, 0.4) is 0 Å². The number of hydrogen-bond acceptors (Lipinski definition) is 4. The summed E-state index contributed by atoms with van der Waals surface area (Å²) in [5, 5.41) is 3.08. The fraction of sp³-hybridized carbons (Fsp3) is 0.333. The number of hydrogen-bond donors (Lipinski definition) is 2. The lowest BCUT2D eigenvalue weighted by molar-refractivity contribution is 0.455. The molecule has 2 aromatic rings. The molecule has 0 saturated heterocycles. The van der Waals surface area contributed by atoms with Gasteiger partial charge in [0, 0.05) is 12.5 Å². The standard InChI is InChI=1S/C15H19N3O2/c1-10(2)15-17-13(19)8-14(18-15)20-12-6-4-5-11(7-12)9-16-3/h4-8,10,16H,9H2,1-3H3,(H,17,18,19).